The van der Waals surface area contributed by atoms with Crippen LogP contribution in [0.2, 0.25) is 10.0 Å². The number of nitrogens with zero attached hydrogens (tertiary/aromatic N) is 2. The summed E-state index contributed by atoms with van der Waals surface area (Å²) in [4.78, 5) is 15.8. The Morgan fingerprint density at radius 3 is 2.38 bits per heavy atom. The van der Waals surface area contributed by atoms with Gasteiger partial charge in [0.1, 0.15) is 0 Å². The average Bonchev–Trinajstić information content (AvgIpc) is 2.37. The normalized spacial score (nSPS) is 11.0. The molecule has 0 radical (unpaired) electrons. The van der Waals surface area contributed by atoms with Gasteiger partial charge in [0.25, 0.3) is 0 Å². The molecule has 0 saturated heterocycles. The molecule has 0 fully saturated rings. The number of halogens is 2. The van der Waals surface area contributed by atoms with Crippen LogP contribution in [0.25, 0.3) is 0 Å². The lowest BCUT2D eigenvalue weighted by Crippen LogP contribution is -2.36. The number of carbonyl (C=O) groups excluding carboxylic acids is 1. The van der Waals surface area contributed by atoms with Gasteiger partial charge in [-0.15, -0.1) is 0 Å². The van der Waals surface area contributed by atoms with Crippen molar-refractivity contribution in [3.8, 4) is 0 Å². The monoisotopic (exact) mass is 332 g/mol. The zero-order valence-electron chi connectivity index (χ0n) is 12.7. The van der Waals surface area contributed by atoms with E-state index in [0.717, 1.165) is 18.5 Å². The first-order chi connectivity index (χ1) is 9.92. The quantitative estimate of drug-likeness (QED) is 0.686. The molecular weight excluding hydrogens is 311 g/mol. The molecule has 4 nitrogen and oxygen atoms in total. The number of ether oxygens (including phenoxy) is 1. The molecule has 0 aliphatic rings. The van der Waals surface area contributed by atoms with E-state index in [1.54, 1.807) is 25.1 Å². The van der Waals surface area contributed by atoms with Crippen molar-refractivity contribution in [2.75, 3.05) is 40.9 Å². The van der Waals surface area contributed by atoms with Gasteiger partial charge in [-0.1, -0.05) is 23.2 Å². The molecule has 0 aromatic heterocycles. The minimum atomic E-state index is 0.0611. The maximum atomic E-state index is 12.1. The Morgan fingerprint density at radius 1 is 1.19 bits per heavy atom. The molecule has 0 aliphatic carbocycles. The maximum Gasteiger partial charge on any atom is 0.236 e. The van der Waals surface area contributed by atoms with Crippen molar-refractivity contribution >= 4 is 29.1 Å². The van der Waals surface area contributed by atoms with Crippen LogP contribution in [0.3, 0.4) is 0 Å². The fourth-order valence-corrected chi connectivity index (χ4v) is 2.54. The Balaban J connectivity index is 2.46. The highest BCUT2D eigenvalue weighted by Gasteiger charge is 2.12. The van der Waals surface area contributed by atoms with Gasteiger partial charge in [0.2, 0.25) is 5.91 Å². The summed E-state index contributed by atoms with van der Waals surface area (Å²) in [5.74, 6) is 0.0611. The van der Waals surface area contributed by atoms with E-state index < -0.39 is 0 Å². The number of likely N-dealkylation sites (N-methyl/N-ethyl adjacent to an activating group) is 2. The molecule has 0 N–H and O–H groups in total. The third kappa shape index (κ3) is 7.14. The zero-order chi connectivity index (χ0) is 15.8. The summed E-state index contributed by atoms with van der Waals surface area (Å²) in [6.07, 6.45) is 0.911. The third-order valence-electron chi connectivity index (χ3n) is 3.06. The molecule has 0 aliphatic heterocycles. The number of methoxy groups -OCH3 is 1. The van der Waals surface area contributed by atoms with Crippen LogP contribution in [0, 0.1) is 0 Å². The maximum absolute atomic E-state index is 12.1. The standard InChI is InChI=1S/C15H22Cl2N2O2/c1-18(5-4-6-21-3)11-15(20)19(2)10-12-7-13(16)9-14(17)8-12/h7-9H,4-6,10-11H2,1-3H3. The molecule has 0 heterocycles. The van der Waals surface area contributed by atoms with Gasteiger partial charge in [0.05, 0.1) is 6.54 Å². The van der Waals surface area contributed by atoms with Crippen LogP contribution < -0.4 is 0 Å². The summed E-state index contributed by atoms with van der Waals surface area (Å²) < 4.78 is 5.00. The second-order valence-electron chi connectivity index (χ2n) is 5.11. The highest BCUT2D eigenvalue weighted by Crippen LogP contribution is 2.19. The molecule has 0 unspecified atom stereocenters. The molecule has 1 amide bonds. The summed E-state index contributed by atoms with van der Waals surface area (Å²) in [7, 11) is 5.38. The fraction of sp³-hybridized carbons (Fsp3) is 0.533. The van der Waals surface area contributed by atoms with E-state index in [-0.39, 0.29) is 5.91 Å². The number of benzene rings is 1. The fourth-order valence-electron chi connectivity index (χ4n) is 1.97. The van der Waals surface area contributed by atoms with E-state index in [0.29, 0.717) is 29.7 Å². The van der Waals surface area contributed by atoms with Gasteiger partial charge in [-0.3, -0.25) is 9.69 Å². The number of carbonyl (C=O) groups is 1. The minimum Gasteiger partial charge on any atom is -0.385 e. The van der Waals surface area contributed by atoms with Crippen molar-refractivity contribution < 1.29 is 9.53 Å². The molecule has 0 atom stereocenters. The predicted octanol–water partition coefficient (Wildman–Crippen LogP) is 2.92. The summed E-state index contributed by atoms with van der Waals surface area (Å²) in [6, 6.07) is 5.32. The highest BCUT2D eigenvalue weighted by molar-refractivity contribution is 6.34. The third-order valence-corrected chi connectivity index (χ3v) is 3.50. The van der Waals surface area contributed by atoms with E-state index in [4.69, 9.17) is 27.9 Å². The van der Waals surface area contributed by atoms with Crippen LogP contribution in [0.1, 0.15) is 12.0 Å². The highest BCUT2D eigenvalue weighted by atomic mass is 35.5. The molecule has 21 heavy (non-hydrogen) atoms. The second kappa shape index (κ2) is 9.26. The Kier molecular flexibility index (Phi) is 8.04. The van der Waals surface area contributed by atoms with Gasteiger partial charge in [-0.05, 0) is 37.2 Å². The summed E-state index contributed by atoms with van der Waals surface area (Å²) in [5.41, 5.74) is 0.922. The Labute approximate surface area is 136 Å². The number of hydrogen-bond acceptors (Lipinski definition) is 3. The lowest BCUT2D eigenvalue weighted by atomic mass is 10.2. The van der Waals surface area contributed by atoms with Gasteiger partial charge in [0.15, 0.2) is 0 Å². The number of amides is 1. The van der Waals surface area contributed by atoms with E-state index in [1.807, 2.05) is 24.1 Å². The minimum absolute atomic E-state index is 0.0611. The first-order valence-corrected chi connectivity index (χ1v) is 7.54. The van der Waals surface area contributed by atoms with E-state index in [2.05, 4.69) is 0 Å². The smallest absolute Gasteiger partial charge is 0.236 e. The first-order valence-electron chi connectivity index (χ1n) is 6.78. The van der Waals surface area contributed by atoms with Crippen LogP contribution in [0.15, 0.2) is 18.2 Å². The van der Waals surface area contributed by atoms with Crippen molar-refractivity contribution in [1.82, 2.24) is 9.80 Å². The second-order valence-corrected chi connectivity index (χ2v) is 5.98. The van der Waals surface area contributed by atoms with Gasteiger partial charge >= 0.3 is 0 Å². The molecular formula is C15H22Cl2N2O2. The lowest BCUT2D eigenvalue weighted by Gasteiger charge is -2.22. The SMILES string of the molecule is COCCCN(C)CC(=O)N(C)Cc1cc(Cl)cc(Cl)c1. The first kappa shape index (κ1) is 18.2. The Morgan fingerprint density at radius 2 is 1.81 bits per heavy atom. The summed E-state index contributed by atoms with van der Waals surface area (Å²) in [5, 5.41) is 1.16. The van der Waals surface area contributed by atoms with Crippen molar-refractivity contribution in [3.63, 3.8) is 0 Å². The van der Waals surface area contributed by atoms with Gasteiger partial charge in [0, 0.05) is 43.9 Å². The van der Waals surface area contributed by atoms with E-state index >= 15 is 0 Å². The van der Waals surface area contributed by atoms with Crippen molar-refractivity contribution in [2.45, 2.75) is 13.0 Å². The van der Waals surface area contributed by atoms with E-state index in [1.165, 1.54) is 0 Å². The lowest BCUT2D eigenvalue weighted by molar-refractivity contribution is -0.131. The summed E-state index contributed by atoms with van der Waals surface area (Å²) >= 11 is 11.9. The van der Waals surface area contributed by atoms with Crippen LogP contribution >= 0.6 is 23.2 Å². The largest absolute Gasteiger partial charge is 0.385 e. The Hall–Kier alpha value is -0.810. The predicted molar refractivity (Wildman–Crippen MR) is 86.9 cm³/mol. The van der Waals surface area contributed by atoms with Gasteiger partial charge in [-0.25, -0.2) is 0 Å². The molecule has 6 heteroatoms. The van der Waals surface area contributed by atoms with Crippen molar-refractivity contribution in [2.24, 2.45) is 0 Å². The topological polar surface area (TPSA) is 32.8 Å². The van der Waals surface area contributed by atoms with Crippen LogP contribution in [-0.2, 0) is 16.1 Å². The van der Waals surface area contributed by atoms with Crippen molar-refractivity contribution in [3.05, 3.63) is 33.8 Å². The summed E-state index contributed by atoms with van der Waals surface area (Å²) in [6.45, 7) is 2.41. The molecule has 1 aromatic carbocycles. The number of hydrogen-bond donors (Lipinski definition) is 0. The van der Waals surface area contributed by atoms with Crippen LogP contribution in [0.4, 0.5) is 0 Å². The van der Waals surface area contributed by atoms with Crippen LogP contribution in [0.5, 0.6) is 0 Å². The average molecular weight is 333 g/mol. The zero-order valence-corrected chi connectivity index (χ0v) is 14.2. The molecule has 0 spiro atoms. The van der Waals surface area contributed by atoms with Crippen LogP contribution in [-0.4, -0.2) is 56.6 Å². The van der Waals surface area contributed by atoms with Gasteiger partial charge in [-0.2, -0.15) is 0 Å². The number of rotatable bonds is 8. The molecule has 1 aromatic rings. The molecule has 0 bridgehead atoms. The molecule has 118 valence electrons. The molecule has 1 rings (SSSR count). The van der Waals surface area contributed by atoms with Crippen molar-refractivity contribution in [1.29, 1.82) is 0 Å². The molecule has 0 saturated carbocycles. The van der Waals surface area contributed by atoms with E-state index in [9.17, 15) is 4.79 Å². The Bertz CT molecular complexity index is 449. The van der Waals surface area contributed by atoms with Gasteiger partial charge < -0.3 is 9.64 Å².